The van der Waals surface area contributed by atoms with Crippen LogP contribution >= 0.6 is 0 Å². The Hall–Kier alpha value is -2.74. The van der Waals surface area contributed by atoms with Gasteiger partial charge in [-0.2, -0.15) is 0 Å². The standard InChI is InChI=1S/C17H14O.C3H6O/c18-17(13-11-15-7-3-1-4-8-15)14-12-16-9-5-2-6-10-16;1-3(2)4/h1-14H;1-2H3/b13-11+,14-12?;. The molecule has 0 radical (unpaired) electrons. The van der Waals surface area contributed by atoms with Gasteiger partial charge in [0.15, 0.2) is 5.78 Å². The Kier molecular flexibility index (Phi) is 7.91. The SMILES string of the molecule is CC(C)=O.O=C(C=Cc1ccccc1)/C=C/c1ccccc1. The van der Waals surface area contributed by atoms with Crippen LogP contribution in [-0.2, 0) is 9.59 Å². The fourth-order valence-electron chi connectivity index (χ4n) is 1.54. The van der Waals surface area contributed by atoms with Crippen LogP contribution in [0.4, 0.5) is 0 Å². The number of rotatable bonds is 4. The van der Waals surface area contributed by atoms with Gasteiger partial charge in [0.1, 0.15) is 5.78 Å². The van der Waals surface area contributed by atoms with Crippen molar-refractivity contribution < 1.29 is 9.59 Å². The Balaban J connectivity index is 0.000000541. The summed E-state index contributed by atoms with van der Waals surface area (Å²) in [7, 11) is 0. The van der Waals surface area contributed by atoms with E-state index in [0.29, 0.717) is 0 Å². The van der Waals surface area contributed by atoms with Crippen molar-refractivity contribution in [1.82, 2.24) is 0 Å². The summed E-state index contributed by atoms with van der Waals surface area (Å²) in [5, 5.41) is 0. The number of hydrogen-bond acceptors (Lipinski definition) is 2. The minimum atomic E-state index is -0.0114. The zero-order valence-corrected chi connectivity index (χ0v) is 12.9. The van der Waals surface area contributed by atoms with E-state index < -0.39 is 0 Å². The maximum atomic E-state index is 11.6. The zero-order chi connectivity index (χ0) is 16.2. The number of hydrogen-bond donors (Lipinski definition) is 0. The minimum Gasteiger partial charge on any atom is -0.300 e. The summed E-state index contributed by atoms with van der Waals surface area (Å²) in [5.41, 5.74) is 2.05. The Labute approximate surface area is 131 Å². The molecule has 0 atom stereocenters. The zero-order valence-electron chi connectivity index (χ0n) is 12.9. The van der Waals surface area contributed by atoms with E-state index in [1.54, 1.807) is 12.2 Å². The van der Waals surface area contributed by atoms with Crippen molar-refractivity contribution >= 4 is 23.7 Å². The molecular formula is C20H20O2. The molecule has 0 unspecified atom stereocenters. The number of benzene rings is 2. The predicted molar refractivity (Wildman–Crippen MR) is 92.3 cm³/mol. The van der Waals surface area contributed by atoms with Gasteiger partial charge in [-0.15, -0.1) is 0 Å². The lowest BCUT2D eigenvalue weighted by Crippen LogP contribution is -1.84. The Morgan fingerprint density at radius 2 is 1.00 bits per heavy atom. The van der Waals surface area contributed by atoms with Gasteiger partial charge in [0, 0.05) is 0 Å². The molecule has 0 bridgehead atoms. The second kappa shape index (κ2) is 10.1. The molecule has 2 heteroatoms. The van der Waals surface area contributed by atoms with E-state index in [2.05, 4.69) is 0 Å². The van der Waals surface area contributed by atoms with Gasteiger partial charge in [0.2, 0.25) is 0 Å². The van der Waals surface area contributed by atoms with Gasteiger partial charge in [-0.05, 0) is 37.1 Å². The molecule has 0 saturated heterocycles. The van der Waals surface area contributed by atoms with Crippen molar-refractivity contribution in [3.05, 3.63) is 83.9 Å². The molecule has 2 nitrogen and oxygen atoms in total. The minimum absolute atomic E-state index is 0.0114. The first kappa shape index (κ1) is 17.3. The number of carbonyl (C=O) groups is 2. The fourth-order valence-corrected chi connectivity index (χ4v) is 1.54. The molecule has 0 saturated carbocycles. The van der Waals surface area contributed by atoms with Gasteiger partial charge in [0.05, 0.1) is 0 Å². The van der Waals surface area contributed by atoms with Crippen LogP contribution in [0.1, 0.15) is 25.0 Å². The third-order valence-corrected chi connectivity index (χ3v) is 2.48. The highest BCUT2D eigenvalue weighted by Crippen LogP contribution is 2.03. The highest BCUT2D eigenvalue weighted by atomic mass is 16.1. The lowest BCUT2D eigenvalue weighted by molar-refractivity contribution is -0.115. The van der Waals surface area contributed by atoms with Crippen molar-refractivity contribution in [2.45, 2.75) is 13.8 Å². The van der Waals surface area contributed by atoms with Crippen LogP contribution in [0, 0.1) is 0 Å². The highest BCUT2D eigenvalue weighted by Gasteiger charge is 1.90. The molecule has 2 rings (SSSR count). The van der Waals surface area contributed by atoms with Crippen molar-refractivity contribution in [1.29, 1.82) is 0 Å². The third kappa shape index (κ3) is 8.43. The molecule has 22 heavy (non-hydrogen) atoms. The van der Waals surface area contributed by atoms with Crippen LogP contribution in [-0.4, -0.2) is 11.6 Å². The van der Waals surface area contributed by atoms with Crippen molar-refractivity contribution in [2.75, 3.05) is 0 Å². The van der Waals surface area contributed by atoms with E-state index in [1.807, 2.05) is 72.8 Å². The molecule has 0 aliphatic carbocycles. The van der Waals surface area contributed by atoms with E-state index in [4.69, 9.17) is 0 Å². The smallest absolute Gasteiger partial charge is 0.178 e. The van der Waals surface area contributed by atoms with Gasteiger partial charge in [0.25, 0.3) is 0 Å². The van der Waals surface area contributed by atoms with Crippen molar-refractivity contribution in [3.8, 4) is 0 Å². The molecule has 0 N–H and O–H groups in total. The van der Waals surface area contributed by atoms with Crippen LogP contribution < -0.4 is 0 Å². The maximum absolute atomic E-state index is 11.6. The van der Waals surface area contributed by atoms with Crippen LogP contribution in [0.3, 0.4) is 0 Å². The Bertz CT molecular complexity index is 582. The van der Waals surface area contributed by atoms with Gasteiger partial charge in [-0.25, -0.2) is 0 Å². The predicted octanol–water partition coefficient (Wildman–Crippen LogP) is 4.58. The molecule has 2 aromatic rings. The highest BCUT2D eigenvalue weighted by molar-refractivity contribution is 6.04. The summed E-state index contributed by atoms with van der Waals surface area (Å²) >= 11 is 0. The molecule has 0 aliphatic rings. The quantitative estimate of drug-likeness (QED) is 0.773. The van der Waals surface area contributed by atoms with E-state index in [1.165, 1.54) is 13.8 Å². The largest absolute Gasteiger partial charge is 0.300 e. The number of ketones is 2. The molecule has 2 aromatic carbocycles. The summed E-state index contributed by atoms with van der Waals surface area (Å²) in [5.74, 6) is 0.155. The number of carbonyl (C=O) groups excluding carboxylic acids is 2. The topological polar surface area (TPSA) is 34.1 Å². The van der Waals surface area contributed by atoms with E-state index in [0.717, 1.165) is 11.1 Å². The summed E-state index contributed by atoms with van der Waals surface area (Å²) in [4.78, 5) is 21.1. The van der Waals surface area contributed by atoms with Crippen molar-refractivity contribution in [3.63, 3.8) is 0 Å². The molecule has 0 aromatic heterocycles. The third-order valence-electron chi connectivity index (χ3n) is 2.48. The lowest BCUT2D eigenvalue weighted by Gasteiger charge is -1.91. The number of allylic oxidation sites excluding steroid dienone is 2. The first-order valence-corrected chi connectivity index (χ1v) is 7.05. The summed E-state index contributed by atoms with van der Waals surface area (Å²) in [6.07, 6.45) is 6.79. The van der Waals surface area contributed by atoms with Crippen LogP contribution in [0.2, 0.25) is 0 Å². The van der Waals surface area contributed by atoms with Gasteiger partial charge < -0.3 is 4.79 Å². The van der Waals surface area contributed by atoms with Gasteiger partial charge in [-0.3, -0.25) is 4.79 Å². The van der Waals surface area contributed by atoms with Gasteiger partial charge >= 0.3 is 0 Å². The Morgan fingerprint density at radius 1 is 0.682 bits per heavy atom. The summed E-state index contributed by atoms with van der Waals surface area (Å²) in [6.45, 7) is 3.06. The van der Waals surface area contributed by atoms with Crippen LogP contribution in [0.5, 0.6) is 0 Å². The summed E-state index contributed by atoms with van der Waals surface area (Å²) in [6, 6.07) is 19.6. The van der Waals surface area contributed by atoms with Gasteiger partial charge in [-0.1, -0.05) is 72.8 Å². The molecule has 112 valence electrons. The van der Waals surface area contributed by atoms with Crippen molar-refractivity contribution in [2.24, 2.45) is 0 Å². The average molecular weight is 292 g/mol. The molecule has 0 heterocycles. The average Bonchev–Trinajstić information content (AvgIpc) is 2.52. The van der Waals surface area contributed by atoms with E-state index in [9.17, 15) is 9.59 Å². The maximum Gasteiger partial charge on any atom is 0.178 e. The molecule has 0 spiro atoms. The molecule has 0 amide bonds. The van der Waals surface area contributed by atoms with Crippen LogP contribution in [0.15, 0.2) is 72.8 Å². The normalized spacial score (nSPS) is 10.3. The number of Topliss-reactive ketones (excluding diaryl/α,β-unsaturated/α-hetero) is 1. The molecule has 0 aliphatic heterocycles. The first-order chi connectivity index (χ1) is 10.6. The molecule has 0 fully saturated rings. The second-order valence-corrected chi connectivity index (χ2v) is 4.80. The van der Waals surface area contributed by atoms with E-state index in [-0.39, 0.29) is 11.6 Å². The van der Waals surface area contributed by atoms with Crippen LogP contribution in [0.25, 0.3) is 12.2 Å². The second-order valence-electron chi connectivity index (χ2n) is 4.80. The first-order valence-electron chi connectivity index (χ1n) is 7.05. The monoisotopic (exact) mass is 292 g/mol. The fraction of sp³-hybridized carbons (Fsp3) is 0.100. The Morgan fingerprint density at radius 3 is 1.32 bits per heavy atom. The lowest BCUT2D eigenvalue weighted by atomic mass is 10.1. The van der Waals surface area contributed by atoms with E-state index >= 15 is 0 Å². The summed E-state index contributed by atoms with van der Waals surface area (Å²) < 4.78 is 0. The molecular weight excluding hydrogens is 272 g/mol.